The Morgan fingerprint density at radius 2 is 1.70 bits per heavy atom. The molecule has 192 valence electrons. The summed E-state index contributed by atoms with van der Waals surface area (Å²) >= 11 is 1.19. The van der Waals surface area contributed by atoms with Gasteiger partial charge in [0.1, 0.15) is 5.75 Å². The molecule has 0 saturated carbocycles. The molecular weight excluding hydrogens is 512 g/mol. The molecule has 0 radical (unpaired) electrons. The van der Waals surface area contributed by atoms with Crippen LogP contribution < -0.4 is 20.8 Å². The third-order valence-electron chi connectivity index (χ3n) is 5.68. The fourth-order valence-corrected chi connectivity index (χ4v) is 5.04. The molecule has 0 saturated heterocycles. The van der Waals surface area contributed by atoms with Crippen molar-refractivity contribution in [3.05, 3.63) is 94.3 Å². The monoisotopic (exact) mass is 538 g/mol. The van der Waals surface area contributed by atoms with E-state index in [1.54, 1.807) is 42.0 Å². The Bertz CT molecular complexity index is 1570. The number of ether oxygens (including phenoxy) is 1. The highest BCUT2D eigenvalue weighted by Crippen LogP contribution is 2.19. The Morgan fingerprint density at radius 1 is 1.03 bits per heavy atom. The first-order valence-corrected chi connectivity index (χ1v) is 13.9. The van der Waals surface area contributed by atoms with Crippen LogP contribution in [0.5, 0.6) is 5.75 Å². The molecule has 0 bridgehead atoms. The first-order valence-electron chi connectivity index (χ1n) is 11.4. The van der Waals surface area contributed by atoms with Crippen LogP contribution in [0.1, 0.15) is 11.1 Å². The van der Waals surface area contributed by atoms with E-state index in [1.165, 1.54) is 23.9 Å². The van der Waals surface area contributed by atoms with Crippen LogP contribution in [-0.4, -0.2) is 36.7 Å². The fourth-order valence-electron chi connectivity index (χ4n) is 3.67. The lowest BCUT2D eigenvalue weighted by atomic mass is 10.1. The molecule has 0 unspecified atom stereocenters. The zero-order valence-electron chi connectivity index (χ0n) is 20.1. The van der Waals surface area contributed by atoms with Gasteiger partial charge in [-0.15, -0.1) is 0 Å². The standard InChI is InChI=1S/C26H26N4O5S2/c1-35-20-10-6-19(7-11-20)16-28-24(31)17-36-26-29-23-5-3-2-4-22(23)25(32)30(26)15-14-18-8-12-21(13-9-18)37(27,33)34/h2-13H,14-17H2,1H3,(H,28,31)(H2,27,33,34). The minimum atomic E-state index is -3.78. The predicted octanol–water partition coefficient (Wildman–Crippen LogP) is 2.70. The van der Waals surface area contributed by atoms with E-state index in [0.29, 0.717) is 35.6 Å². The van der Waals surface area contributed by atoms with Gasteiger partial charge in [-0.1, -0.05) is 48.2 Å². The molecule has 0 aliphatic rings. The van der Waals surface area contributed by atoms with E-state index in [0.717, 1.165) is 16.9 Å². The van der Waals surface area contributed by atoms with Crippen LogP contribution in [0, 0.1) is 0 Å². The van der Waals surface area contributed by atoms with Gasteiger partial charge >= 0.3 is 0 Å². The molecule has 0 atom stereocenters. The Balaban J connectivity index is 1.48. The second-order valence-electron chi connectivity index (χ2n) is 8.22. The molecule has 1 aromatic heterocycles. The molecule has 1 amide bonds. The number of carbonyl (C=O) groups is 1. The number of para-hydroxylation sites is 1. The van der Waals surface area contributed by atoms with E-state index >= 15 is 0 Å². The summed E-state index contributed by atoms with van der Waals surface area (Å²) in [5.41, 5.74) is 2.13. The van der Waals surface area contributed by atoms with Crippen molar-refractivity contribution in [2.45, 2.75) is 29.6 Å². The van der Waals surface area contributed by atoms with Gasteiger partial charge in [0, 0.05) is 13.1 Å². The van der Waals surface area contributed by atoms with Gasteiger partial charge in [0.2, 0.25) is 15.9 Å². The number of thioether (sulfide) groups is 1. The van der Waals surface area contributed by atoms with Crippen molar-refractivity contribution < 1.29 is 17.9 Å². The molecular formula is C26H26N4O5S2. The van der Waals surface area contributed by atoms with Crippen molar-refractivity contribution >= 4 is 38.6 Å². The summed E-state index contributed by atoms with van der Waals surface area (Å²) < 4.78 is 29.7. The van der Waals surface area contributed by atoms with Gasteiger partial charge in [-0.3, -0.25) is 14.2 Å². The maximum Gasteiger partial charge on any atom is 0.262 e. The number of nitrogens with zero attached hydrogens (tertiary/aromatic N) is 2. The summed E-state index contributed by atoms with van der Waals surface area (Å²) in [6, 6.07) is 20.7. The Labute approximate surface area is 218 Å². The molecule has 1 heterocycles. The Kier molecular flexibility index (Phi) is 8.27. The van der Waals surface area contributed by atoms with Gasteiger partial charge in [-0.05, 0) is 53.9 Å². The van der Waals surface area contributed by atoms with Crippen molar-refractivity contribution in [2.24, 2.45) is 5.14 Å². The lowest BCUT2D eigenvalue weighted by molar-refractivity contribution is -0.118. The number of primary sulfonamides is 1. The van der Waals surface area contributed by atoms with Gasteiger partial charge in [0.05, 0.1) is 28.7 Å². The van der Waals surface area contributed by atoms with Gasteiger partial charge < -0.3 is 10.1 Å². The van der Waals surface area contributed by atoms with Crippen LogP contribution in [0.25, 0.3) is 10.9 Å². The zero-order valence-corrected chi connectivity index (χ0v) is 21.7. The number of amides is 1. The summed E-state index contributed by atoms with van der Waals surface area (Å²) in [5.74, 6) is 0.643. The molecule has 0 aliphatic carbocycles. The van der Waals surface area contributed by atoms with Gasteiger partial charge in [-0.25, -0.2) is 18.5 Å². The van der Waals surface area contributed by atoms with Crippen LogP contribution >= 0.6 is 11.8 Å². The number of carbonyl (C=O) groups excluding carboxylic acids is 1. The number of hydrogen-bond donors (Lipinski definition) is 2. The normalized spacial score (nSPS) is 11.4. The fraction of sp³-hybridized carbons (Fsp3) is 0.192. The number of rotatable bonds is 10. The smallest absolute Gasteiger partial charge is 0.262 e. The minimum absolute atomic E-state index is 0.0256. The van der Waals surface area contributed by atoms with Crippen LogP contribution in [0.2, 0.25) is 0 Å². The summed E-state index contributed by atoms with van der Waals surface area (Å²) in [6.07, 6.45) is 0.460. The number of aryl methyl sites for hydroxylation is 1. The minimum Gasteiger partial charge on any atom is -0.497 e. The molecule has 4 rings (SSSR count). The van der Waals surface area contributed by atoms with Crippen molar-refractivity contribution in [3.63, 3.8) is 0 Å². The summed E-state index contributed by atoms with van der Waals surface area (Å²) in [7, 11) is -2.18. The summed E-state index contributed by atoms with van der Waals surface area (Å²) in [6.45, 7) is 0.678. The van der Waals surface area contributed by atoms with Crippen LogP contribution in [-0.2, 0) is 34.3 Å². The largest absolute Gasteiger partial charge is 0.497 e. The van der Waals surface area contributed by atoms with E-state index in [1.807, 2.05) is 30.3 Å². The quantitative estimate of drug-likeness (QED) is 0.234. The lowest BCUT2D eigenvalue weighted by Crippen LogP contribution is -2.27. The topological polar surface area (TPSA) is 133 Å². The second-order valence-corrected chi connectivity index (χ2v) is 10.7. The number of aromatic nitrogens is 2. The third kappa shape index (κ3) is 6.76. The number of nitrogens with one attached hydrogen (secondary N) is 1. The second kappa shape index (κ2) is 11.6. The highest BCUT2D eigenvalue weighted by Gasteiger charge is 2.14. The van der Waals surface area contributed by atoms with Crippen LogP contribution in [0.15, 0.2) is 87.6 Å². The maximum absolute atomic E-state index is 13.3. The van der Waals surface area contributed by atoms with Crippen molar-refractivity contribution in [3.8, 4) is 5.75 Å². The molecule has 0 fully saturated rings. The zero-order chi connectivity index (χ0) is 26.4. The predicted molar refractivity (Wildman–Crippen MR) is 143 cm³/mol. The van der Waals surface area contributed by atoms with Crippen molar-refractivity contribution in [1.29, 1.82) is 0 Å². The highest BCUT2D eigenvalue weighted by atomic mass is 32.2. The Morgan fingerprint density at radius 3 is 2.38 bits per heavy atom. The highest BCUT2D eigenvalue weighted by molar-refractivity contribution is 7.99. The Hall–Kier alpha value is -3.67. The number of hydrogen-bond acceptors (Lipinski definition) is 7. The summed E-state index contributed by atoms with van der Waals surface area (Å²) in [4.78, 5) is 30.5. The molecule has 0 aliphatic heterocycles. The first kappa shape index (κ1) is 26.4. The number of benzene rings is 3. The maximum atomic E-state index is 13.3. The van der Waals surface area contributed by atoms with Crippen LogP contribution in [0.4, 0.5) is 0 Å². The van der Waals surface area contributed by atoms with E-state index in [4.69, 9.17) is 9.88 Å². The summed E-state index contributed by atoms with van der Waals surface area (Å²) in [5, 5.41) is 8.97. The number of sulfonamides is 1. The van der Waals surface area contributed by atoms with E-state index in [2.05, 4.69) is 10.3 Å². The molecule has 3 N–H and O–H groups in total. The lowest BCUT2D eigenvalue weighted by Gasteiger charge is -2.13. The molecule has 9 nitrogen and oxygen atoms in total. The molecule has 4 aromatic rings. The molecule has 3 aromatic carbocycles. The molecule has 11 heteroatoms. The van der Waals surface area contributed by atoms with Gasteiger partial charge in [0.15, 0.2) is 5.16 Å². The van der Waals surface area contributed by atoms with E-state index in [9.17, 15) is 18.0 Å². The number of fused-ring (bicyclic) bond motifs is 1. The van der Waals surface area contributed by atoms with Crippen molar-refractivity contribution in [1.82, 2.24) is 14.9 Å². The van der Waals surface area contributed by atoms with Gasteiger partial charge in [-0.2, -0.15) is 0 Å². The number of methoxy groups -OCH3 is 1. The average Bonchev–Trinajstić information content (AvgIpc) is 2.90. The molecule has 0 spiro atoms. The SMILES string of the molecule is COc1ccc(CNC(=O)CSc2nc3ccccc3c(=O)n2CCc2ccc(S(N)(=O)=O)cc2)cc1. The number of nitrogens with two attached hydrogens (primary N) is 1. The first-order chi connectivity index (χ1) is 17.7. The van der Waals surface area contributed by atoms with E-state index < -0.39 is 10.0 Å². The van der Waals surface area contributed by atoms with E-state index in [-0.39, 0.29) is 22.1 Å². The van der Waals surface area contributed by atoms with Crippen molar-refractivity contribution in [2.75, 3.05) is 12.9 Å². The third-order valence-corrected chi connectivity index (χ3v) is 7.59. The molecule has 37 heavy (non-hydrogen) atoms. The average molecular weight is 539 g/mol. The van der Waals surface area contributed by atoms with Crippen LogP contribution in [0.3, 0.4) is 0 Å². The van der Waals surface area contributed by atoms with Gasteiger partial charge in [0.25, 0.3) is 5.56 Å².